The Morgan fingerprint density at radius 2 is 2.29 bits per heavy atom. The predicted octanol–water partition coefficient (Wildman–Crippen LogP) is 1.93. The molecule has 0 saturated heterocycles. The van der Waals surface area contributed by atoms with Crippen LogP contribution in [-0.4, -0.2) is 20.6 Å². The van der Waals surface area contributed by atoms with E-state index in [9.17, 15) is 4.79 Å². The van der Waals surface area contributed by atoms with Crippen LogP contribution in [0.2, 0.25) is 0 Å². The fourth-order valence-corrected chi connectivity index (χ4v) is 1.58. The van der Waals surface area contributed by atoms with Crippen LogP contribution in [-0.2, 0) is 7.05 Å². The van der Waals surface area contributed by atoms with Crippen molar-refractivity contribution in [2.75, 3.05) is 0 Å². The van der Waals surface area contributed by atoms with Crippen molar-refractivity contribution in [2.45, 2.75) is 0 Å². The van der Waals surface area contributed by atoms with Crippen LogP contribution in [0.1, 0.15) is 10.4 Å². The molecule has 0 aliphatic carbocycles. The SMILES string of the molecule is Cn1c(=S)[nH]c2cc(C(=O)O)ccc21. The molecule has 1 heterocycles. The van der Waals surface area contributed by atoms with Gasteiger partial charge in [-0.3, -0.25) is 0 Å². The van der Waals surface area contributed by atoms with Crippen molar-refractivity contribution in [3.05, 3.63) is 28.5 Å². The molecule has 0 fully saturated rings. The number of fused-ring (bicyclic) bond motifs is 1. The fraction of sp³-hybridized carbons (Fsp3) is 0.111. The highest BCUT2D eigenvalue weighted by atomic mass is 32.1. The van der Waals surface area contributed by atoms with Gasteiger partial charge in [0.2, 0.25) is 0 Å². The molecular weight excluding hydrogens is 200 g/mol. The third-order valence-electron chi connectivity index (χ3n) is 2.15. The van der Waals surface area contributed by atoms with Crippen molar-refractivity contribution in [3.63, 3.8) is 0 Å². The van der Waals surface area contributed by atoms with Crippen LogP contribution in [0.4, 0.5) is 0 Å². The Kier molecular flexibility index (Phi) is 1.89. The third kappa shape index (κ3) is 1.22. The summed E-state index contributed by atoms with van der Waals surface area (Å²) in [6.45, 7) is 0. The first-order chi connectivity index (χ1) is 6.59. The third-order valence-corrected chi connectivity index (χ3v) is 2.53. The number of hydrogen-bond acceptors (Lipinski definition) is 2. The van der Waals surface area contributed by atoms with Crippen LogP contribution in [0.25, 0.3) is 11.0 Å². The van der Waals surface area contributed by atoms with Crippen molar-refractivity contribution < 1.29 is 9.90 Å². The van der Waals surface area contributed by atoms with Gasteiger partial charge < -0.3 is 14.7 Å². The number of carboxylic acid groups (broad SMARTS) is 1. The zero-order chi connectivity index (χ0) is 10.3. The first-order valence-corrected chi connectivity index (χ1v) is 4.42. The number of rotatable bonds is 1. The lowest BCUT2D eigenvalue weighted by Crippen LogP contribution is -1.95. The smallest absolute Gasteiger partial charge is 0.335 e. The van der Waals surface area contributed by atoms with E-state index in [2.05, 4.69) is 4.98 Å². The number of aromatic amines is 1. The Balaban J connectivity index is 2.80. The highest BCUT2D eigenvalue weighted by molar-refractivity contribution is 7.71. The second-order valence-electron chi connectivity index (χ2n) is 3.03. The van der Waals surface area contributed by atoms with Crippen molar-refractivity contribution >= 4 is 29.2 Å². The van der Waals surface area contributed by atoms with Gasteiger partial charge in [0.05, 0.1) is 16.6 Å². The normalized spacial score (nSPS) is 10.6. The summed E-state index contributed by atoms with van der Waals surface area (Å²) in [7, 11) is 1.83. The van der Waals surface area contributed by atoms with Crippen LogP contribution >= 0.6 is 12.2 Å². The summed E-state index contributed by atoms with van der Waals surface area (Å²) in [5.74, 6) is -0.935. The minimum Gasteiger partial charge on any atom is -0.478 e. The number of benzene rings is 1. The summed E-state index contributed by atoms with van der Waals surface area (Å²) in [5.41, 5.74) is 1.91. The average Bonchev–Trinajstić information content (AvgIpc) is 2.42. The Bertz CT molecular complexity index is 568. The quantitative estimate of drug-likeness (QED) is 0.704. The highest BCUT2D eigenvalue weighted by Crippen LogP contribution is 2.14. The second-order valence-corrected chi connectivity index (χ2v) is 3.41. The number of H-pyrrole nitrogens is 1. The zero-order valence-corrected chi connectivity index (χ0v) is 8.26. The summed E-state index contributed by atoms with van der Waals surface area (Å²) in [6.07, 6.45) is 0. The van der Waals surface area contributed by atoms with Crippen LogP contribution in [0, 0.1) is 4.77 Å². The molecule has 0 bridgehead atoms. The highest BCUT2D eigenvalue weighted by Gasteiger charge is 2.06. The Hall–Kier alpha value is -1.62. The molecule has 4 nitrogen and oxygen atoms in total. The Morgan fingerprint density at radius 3 is 2.93 bits per heavy atom. The number of aromatic nitrogens is 2. The van der Waals surface area contributed by atoms with Crippen LogP contribution in [0.3, 0.4) is 0 Å². The summed E-state index contributed by atoms with van der Waals surface area (Å²) in [6, 6.07) is 4.88. The van der Waals surface area contributed by atoms with Crippen molar-refractivity contribution in [2.24, 2.45) is 7.05 Å². The minimum atomic E-state index is -0.935. The number of aryl methyl sites for hydroxylation is 1. The molecule has 2 rings (SSSR count). The fourth-order valence-electron chi connectivity index (χ4n) is 1.37. The second kappa shape index (κ2) is 2.95. The molecule has 2 N–H and O–H groups in total. The van der Waals surface area contributed by atoms with Gasteiger partial charge in [0.15, 0.2) is 4.77 Å². The van der Waals surface area contributed by atoms with Gasteiger partial charge in [-0.2, -0.15) is 0 Å². The molecule has 0 spiro atoms. The first-order valence-electron chi connectivity index (χ1n) is 4.01. The van der Waals surface area contributed by atoms with E-state index in [1.165, 1.54) is 0 Å². The Morgan fingerprint density at radius 1 is 1.57 bits per heavy atom. The first kappa shape index (κ1) is 8.96. The van der Waals surface area contributed by atoms with Gasteiger partial charge in [0.1, 0.15) is 0 Å². The van der Waals surface area contributed by atoms with Crippen molar-refractivity contribution in [1.29, 1.82) is 0 Å². The van der Waals surface area contributed by atoms with Gasteiger partial charge in [-0.15, -0.1) is 0 Å². The number of nitrogens with one attached hydrogen (secondary N) is 1. The number of carboxylic acids is 1. The van der Waals surface area contributed by atoms with Gasteiger partial charge in [0.25, 0.3) is 0 Å². The van der Waals surface area contributed by atoms with Crippen LogP contribution < -0.4 is 0 Å². The molecule has 2 aromatic rings. The van der Waals surface area contributed by atoms with Crippen LogP contribution in [0.5, 0.6) is 0 Å². The lowest BCUT2D eigenvalue weighted by atomic mass is 10.2. The average molecular weight is 208 g/mol. The van der Waals surface area contributed by atoms with E-state index in [1.54, 1.807) is 22.8 Å². The van der Waals surface area contributed by atoms with Gasteiger partial charge in [0, 0.05) is 7.05 Å². The summed E-state index contributed by atoms with van der Waals surface area (Å²) in [4.78, 5) is 13.6. The number of nitrogens with zero attached hydrogens (tertiary/aromatic N) is 1. The molecule has 1 aromatic heterocycles. The van der Waals surface area contributed by atoms with Crippen LogP contribution in [0.15, 0.2) is 18.2 Å². The molecule has 0 amide bonds. The van der Waals surface area contributed by atoms with Crippen molar-refractivity contribution in [1.82, 2.24) is 9.55 Å². The topological polar surface area (TPSA) is 58.0 Å². The van der Waals surface area contributed by atoms with E-state index in [1.807, 2.05) is 7.05 Å². The van der Waals surface area contributed by atoms with E-state index >= 15 is 0 Å². The molecule has 0 radical (unpaired) electrons. The van der Waals surface area contributed by atoms with Gasteiger partial charge in [-0.25, -0.2) is 4.79 Å². The van der Waals surface area contributed by atoms with E-state index in [0.717, 1.165) is 11.0 Å². The number of carbonyl (C=O) groups is 1. The predicted molar refractivity (Wildman–Crippen MR) is 55.1 cm³/mol. The Labute approximate surface area is 84.8 Å². The lowest BCUT2D eigenvalue weighted by Gasteiger charge is -1.95. The zero-order valence-electron chi connectivity index (χ0n) is 7.44. The summed E-state index contributed by atoms with van der Waals surface area (Å²) < 4.78 is 2.39. The van der Waals surface area contributed by atoms with Gasteiger partial charge in [-0.05, 0) is 30.4 Å². The molecule has 0 aliphatic rings. The molecule has 0 saturated carbocycles. The minimum absolute atomic E-state index is 0.259. The molecule has 0 unspecified atom stereocenters. The summed E-state index contributed by atoms with van der Waals surface area (Å²) in [5, 5.41) is 8.77. The standard InChI is InChI=1S/C9H8N2O2S/c1-11-7-3-2-5(8(12)13)4-6(7)10-9(11)14/h2-4H,1H3,(H,10,14)(H,12,13). The molecule has 0 atom stereocenters. The molecule has 5 heteroatoms. The molecule has 0 aliphatic heterocycles. The number of imidazole rings is 1. The van der Waals surface area contributed by atoms with Gasteiger partial charge in [-0.1, -0.05) is 0 Å². The lowest BCUT2D eigenvalue weighted by molar-refractivity contribution is 0.0697. The van der Waals surface area contributed by atoms with E-state index in [0.29, 0.717) is 4.77 Å². The molecule has 14 heavy (non-hydrogen) atoms. The molecule has 72 valence electrons. The summed E-state index contributed by atoms with van der Waals surface area (Å²) >= 11 is 5.02. The largest absolute Gasteiger partial charge is 0.478 e. The van der Waals surface area contributed by atoms with Gasteiger partial charge >= 0.3 is 5.97 Å². The monoisotopic (exact) mass is 208 g/mol. The maximum Gasteiger partial charge on any atom is 0.335 e. The number of aromatic carboxylic acids is 1. The maximum absolute atomic E-state index is 10.7. The van der Waals surface area contributed by atoms with E-state index < -0.39 is 5.97 Å². The van der Waals surface area contributed by atoms with E-state index in [4.69, 9.17) is 17.3 Å². The van der Waals surface area contributed by atoms with E-state index in [-0.39, 0.29) is 5.56 Å². The number of hydrogen-bond donors (Lipinski definition) is 2. The molecular formula is C9H8N2O2S. The molecule has 1 aromatic carbocycles. The van der Waals surface area contributed by atoms with Crippen molar-refractivity contribution in [3.8, 4) is 0 Å². The maximum atomic E-state index is 10.7.